The van der Waals surface area contributed by atoms with Crippen molar-refractivity contribution in [3.05, 3.63) is 40.7 Å². The first kappa shape index (κ1) is 13.0. The number of ether oxygens (including phenoxy) is 1. The van der Waals surface area contributed by atoms with Crippen LogP contribution >= 0.6 is 11.3 Å². The molecule has 2 aromatic heterocycles. The summed E-state index contributed by atoms with van der Waals surface area (Å²) in [6.45, 7) is 1.45. The minimum Gasteiger partial charge on any atom is -0.472 e. The molecule has 0 aromatic carbocycles. The molecular formula is C15H16N2O3S. The van der Waals surface area contributed by atoms with Crippen molar-refractivity contribution in [2.75, 3.05) is 13.1 Å². The second-order valence-electron chi connectivity index (χ2n) is 5.58. The molecule has 6 heteroatoms. The van der Waals surface area contributed by atoms with E-state index in [0.717, 1.165) is 24.4 Å². The fraction of sp³-hybridized carbons (Fsp3) is 0.467. The summed E-state index contributed by atoms with van der Waals surface area (Å²) >= 11 is 1.64. The zero-order valence-electron chi connectivity index (χ0n) is 11.5. The number of thiazole rings is 1. The highest BCUT2D eigenvalue weighted by molar-refractivity contribution is 7.09. The lowest BCUT2D eigenvalue weighted by Gasteiger charge is -2.33. The van der Waals surface area contributed by atoms with Crippen LogP contribution in [0, 0.1) is 5.92 Å². The standard InChI is InChI=1S/C15H16N2O3S/c18-15(11-2-5-19-9-11)17-4-1-10-7-12(20-13(10)8-17)14-16-3-6-21-14/h2-3,5-6,9-10,12-13H,1,4,7-8H2/t10-,12+,13+/m1/s1. The van der Waals surface area contributed by atoms with Gasteiger partial charge in [-0.05, 0) is 24.8 Å². The van der Waals surface area contributed by atoms with E-state index in [1.165, 1.54) is 12.5 Å². The highest BCUT2D eigenvalue weighted by Gasteiger charge is 2.41. The Morgan fingerprint density at radius 1 is 1.48 bits per heavy atom. The Kier molecular flexibility index (Phi) is 3.27. The third-order valence-electron chi connectivity index (χ3n) is 4.33. The highest BCUT2D eigenvalue weighted by Crippen LogP contribution is 2.41. The van der Waals surface area contributed by atoms with Crippen LogP contribution in [0.4, 0.5) is 0 Å². The Morgan fingerprint density at radius 2 is 2.43 bits per heavy atom. The predicted octanol–water partition coefficient (Wildman–Crippen LogP) is 2.73. The van der Waals surface area contributed by atoms with E-state index >= 15 is 0 Å². The second-order valence-corrected chi connectivity index (χ2v) is 6.51. The van der Waals surface area contributed by atoms with Crippen LogP contribution < -0.4 is 0 Å². The summed E-state index contributed by atoms with van der Waals surface area (Å²) < 4.78 is 11.1. The molecule has 110 valence electrons. The van der Waals surface area contributed by atoms with Gasteiger partial charge >= 0.3 is 0 Å². The molecule has 2 saturated heterocycles. The predicted molar refractivity (Wildman–Crippen MR) is 77.1 cm³/mol. The van der Waals surface area contributed by atoms with E-state index in [9.17, 15) is 4.79 Å². The molecule has 2 aliphatic heterocycles. The number of piperidine rings is 1. The number of carbonyl (C=O) groups is 1. The van der Waals surface area contributed by atoms with Gasteiger partial charge in [0.25, 0.3) is 5.91 Å². The van der Waals surface area contributed by atoms with E-state index in [2.05, 4.69) is 4.98 Å². The Hall–Kier alpha value is -1.66. The molecule has 2 aromatic rings. The van der Waals surface area contributed by atoms with Crippen LogP contribution in [0.1, 0.15) is 34.3 Å². The fourth-order valence-corrected chi connectivity index (χ4v) is 3.92. The van der Waals surface area contributed by atoms with E-state index in [-0.39, 0.29) is 18.1 Å². The number of amides is 1. The minimum atomic E-state index is 0.0310. The summed E-state index contributed by atoms with van der Waals surface area (Å²) in [5, 5.41) is 3.03. The first-order valence-electron chi connectivity index (χ1n) is 7.17. The number of hydrogen-bond donors (Lipinski definition) is 0. The number of fused-ring (bicyclic) bond motifs is 1. The lowest BCUT2D eigenvalue weighted by Crippen LogP contribution is -2.45. The molecule has 4 rings (SSSR count). The molecule has 0 bridgehead atoms. The van der Waals surface area contributed by atoms with Crippen molar-refractivity contribution in [3.8, 4) is 0 Å². The first-order chi connectivity index (χ1) is 10.3. The SMILES string of the molecule is O=C(c1ccoc1)N1CC[C@@H]2C[C@@H](c3nccs3)O[C@H]2C1. The van der Waals surface area contributed by atoms with Crippen molar-refractivity contribution < 1.29 is 13.9 Å². The molecule has 2 fully saturated rings. The molecule has 5 nitrogen and oxygen atoms in total. The largest absolute Gasteiger partial charge is 0.472 e. The van der Waals surface area contributed by atoms with Crippen LogP contribution in [0.2, 0.25) is 0 Å². The fourth-order valence-electron chi connectivity index (χ4n) is 3.24. The molecule has 0 aliphatic carbocycles. The van der Waals surface area contributed by atoms with Crippen molar-refractivity contribution in [1.29, 1.82) is 0 Å². The van der Waals surface area contributed by atoms with Gasteiger partial charge in [-0.15, -0.1) is 11.3 Å². The van der Waals surface area contributed by atoms with Gasteiger partial charge in [0.15, 0.2) is 0 Å². The van der Waals surface area contributed by atoms with Crippen LogP contribution in [-0.4, -0.2) is 35.0 Å². The number of rotatable bonds is 2. The summed E-state index contributed by atoms with van der Waals surface area (Å²) in [7, 11) is 0. The van der Waals surface area contributed by atoms with Gasteiger partial charge in [0.05, 0.1) is 17.9 Å². The van der Waals surface area contributed by atoms with Crippen molar-refractivity contribution >= 4 is 17.2 Å². The normalized spacial score (nSPS) is 28.6. The Labute approximate surface area is 126 Å². The molecule has 2 aliphatic rings. The van der Waals surface area contributed by atoms with E-state index < -0.39 is 0 Å². The number of carbonyl (C=O) groups excluding carboxylic acids is 1. The third-order valence-corrected chi connectivity index (χ3v) is 5.20. The molecule has 1 amide bonds. The molecule has 0 N–H and O–H groups in total. The van der Waals surface area contributed by atoms with E-state index in [1.807, 2.05) is 16.5 Å². The monoisotopic (exact) mass is 304 g/mol. The van der Waals surface area contributed by atoms with Crippen LogP contribution in [0.15, 0.2) is 34.6 Å². The van der Waals surface area contributed by atoms with Gasteiger partial charge in [-0.1, -0.05) is 0 Å². The molecule has 3 atom stereocenters. The second kappa shape index (κ2) is 5.27. The quantitative estimate of drug-likeness (QED) is 0.856. The number of nitrogens with zero attached hydrogens (tertiary/aromatic N) is 2. The average Bonchev–Trinajstić information content (AvgIpc) is 3.24. The average molecular weight is 304 g/mol. The van der Waals surface area contributed by atoms with Gasteiger partial charge in [0.2, 0.25) is 0 Å². The van der Waals surface area contributed by atoms with Gasteiger partial charge < -0.3 is 14.1 Å². The number of hydrogen-bond acceptors (Lipinski definition) is 5. The number of furan rings is 1. The van der Waals surface area contributed by atoms with Gasteiger partial charge in [-0.3, -0.25) is 4.79 Å². The Balaban J connectivity index is 1.45. The van der Waals surface area contributed by atoms with Crippen molar-refractivity contribution in [3.63, 3.8) is 0 Å². The van der Waals surface area contributed by atoms with Gasteiger partial charge in [0, 0.05) is 24.7 Å². The maximum absolute atomic E-state index is 12.4. The van der Waals surface area contributed by atoms with E-state index in [4.69, 9.17) is 9.15 Å². The summed E-state index contributed by atoms with van der Waals surface area (Å²) in [4.78, 5) is 18.6. The molecule has 0 spiro atoms. The first-order valence-corrected chi connectivity index (χ1v) is 8.05. The van der Waals surface area contributed by atoms with Crippen molar-refractivity contribution in [2.45, 2.75) is 25.0 Å². The third kappa shape index (κ3) is 2.38. The van der Waals surface area contributed by atoms with Crippen LogP contribution in [-0.2, 0) is 4.74 Å². The molecule has 4 heterocycles. The molecule has 0 radical (unpaired) electrons. The van der Waals surface area contributed by atoms with Crippen LogP contribution in [0.25, 0.3) is 0 Å². The lowest BCUT2D eigenvalue weighted by atomic mass is 9.91. The zero-order valence-corrected chi connectivity index (χ0v) is 12.3. The molecule has 0 saturated carbocycles. The van der Waals surface area contributed by atoms with Crippen LogP contribution in [0.5, 0.6) is 0 Å². The molecule has 0 unspecified atom stereocenters. The smallest absolute Gasteiger partial charge is 0.257 e. The van der Waals surface area contributed by atoms with E-state index in [0.29, 0.717) is 18.0 Å². The maximum atomic E-state index is 12.4. The topological polar surface area (TPSA) is 55.6 Å². The Bertz CT molecular complexity index is 611. The number of likely N-dealkylation sites (tertiary alicyclic amines) is 1. The summed E-state index contributed by atoms with van der Waals surface area (Å²) in [6, 6.07) is 1.71. The molecular weight excluding hydrogens is 288 g/mol. The zero-order chi connectivity index (χ0) is 14.2. The highest BCUT2D eigenvalue weighted by atomic mass is 32.1. The summed E-state index contributed by atoms with van der Waals surface area (Å²) in [5.74, 6) is 0.566. The minimum absolute atomic E-state index is 0.0310. The van der Waals surface area contributed by atoms with Gasteiger partial charge in [0.1, 0.15) is 17.4 Å². The number of aromatic nitrogens is 1. The summed E-state index contributed by atoms with van der Waals surface area (Å²) in [6.07, 6.45) is 7.10. The van der Waals surface area contributed by atoms with E-state index in [1.54, 1.807) is 17.4 Å². The van der Waals surface area contributed by atoms with Gasteiger partial charge in [-0.25, -0.2) is 4.98 Å². The van der Waals surface area contributed by atoms with Crippen molar-refractivity contribution in [1.82, 2.24) is 9.88 Å². The van der Waals surface area contributed by atoms with Gasteiger partial charge in [-0.2, -0.15) is 0 Å². The lowest BCUT2D eigenvalue weighted by molar-refractivity contribution is -0.00450. The van der Waals surface area contributed by atoms with Crippen molar-refractivity contribution in [2.24, 2.45) is 5.92 Å². The molecule has 21 heavy (non-hydrogen) atoms. The maximum Gasteiger partial charge on any atom is 0.257 e. The summed E-state index contributed by atoms with van der Waals surface area (Å²) in [5.41, 5.74) is 0.614. The Morgan fingerprint density at radius 3 is 3.19 bits per heavy atom. The van der Waals surface area contributed by atoms with Crippen LogP contribution in [0.3, 0.4) is 0 Å².